The second kappa shape index (κ2) is 6.20. The number of benzene rings is 1. The minimum Gasteiger partial charge on any atom is -0.398 e. The predicted octanol–water partition coefficient (Wildman–Crippen LogP) is 2.08. The summed E-state index contributed by atoms with van der Waals surface area (Å²) < 4.78 is 25.8. The third kappa shape index (κ3) is 3.99. The van der Waals surface area contributed by atoms with Gasteiger partial charge in [-0.3, -0.25) is 0 Å². The zero-order valence-corrected chi connectivity index (χ0v) is 12.1. The van der Waals surface area contributed by atoms with Crippen LogP contribution in [-0.4, -0.2) is 25.0 Å². The SMILES string of the molecule is CCN(Cc1ccccc1N)S(=O)(=O)CC(C)C. The zero-order valence-electron chi connectivity index (χ0n) is 11.3. The molecule has 0 unspecified atom stereocenters. The quantitative estimate of drug-likeness (QED) is 0.805. The molecule has 102 valence electrons. The number of rotatable bonds is 6. The van der Waals surface area contributed by atoms with Crippen molar-refractivity contribution < 1.29 is 8.42 Å². The molecular formula is C13H22N2O2S. The van der Waals surface area contributed by atoms with Crippen molar-refractivity contribution in [3.05, 3.63) is 29.8 Å². The highest BCUT2D eigenvalue weighted by atomic mass is 32.2. The molecule has 0 saturated heterocycles. The Hall–Kier alpha value is -1.07. The summed E-state index contributed by atoms with van der Waals surface area (Å²) in [5.74, 6) is 0.297. The van der Waals surface area contributed by atoms with Gasteiger partial charge in [0.05, 0.1) is 5.75 Å². The molecule has 1 aromatic carbocycles. The third-order valence-electron chi connectivity index (χ3n) is 2.69. The van der Waals surface area contributed by atoms with Crippen LogP contribution in [0.1, 0.15) is 26.3 Å². The molecule has 1 rings (SSSR count). The van der Waals surface area contributed by atoms with Crippen molar-refractivity contribution >= 4 is 15.7 Å². The first-order valence-corrected chi connectivity index (χ1v) is 7.79. The zero-order chi connectivity index (χ0) is 13.8. The van der Waals surface area contributed by atoms with Gasteiger partial charge in [0.1, 0.15) is 0 Å². The molecule has 0 spiro atoms. The standard InChI is InChI=1S/C13H22N2O2S/c1-4-15(18(16,17)10-11(2)3)9-12-7-5-6-8-13(12)14/h5-8,11H,4,9-10,14H2,1-3H3. The fourth-order valence-electron chi connectivity index (χ4n) is 1.80. The van der Waals surface area contributed by atoms with Gasteiger partial charge in [-0.2, -0.15) is 4.31 Å². The summed E-state index contributed by atoms with van der Waals surface area (Å²) >= 11 is 0. The Morgan fingerprint density at radius 3 is 2.39 bits per heavy atom. The van der Waals surface area contributed by atoms with Crippen molar-refractivity contribution in [1.29, 1.82) is 0 Å². The number of nitrogen functional groups attached to an aromatic ring is 1. The van der Waals surface area contributed by atoms with E-state index in [1.165, 1.54) is 4.31 Å². The fourth-order valence-corrected chi connectivity index (χ4v) is 3.58. The number of nitrogens with two attached hydrogens (primary N) is 1. The third-order valence-corrected chi connectivity index (χ3v) is 4.95. The van der Waals surface area contributed by atoms with Gasteiger partial charge >= 0.3 is 0 Å². The van der Waals surface area contributed by atoms with Gasteiger partial charge in [0.15, 0.2) is 0 Å². The smallest absolute Gasteiger partial charge is 0.214 e. The summed E-state index contributed by atoms with van der Waals surface area (Å²) in [4.78, 5) is 0. The molecule has 0 aliphatic heterocycles. The molecule has 0 aliphatic carbocycles. The van der Waals surface area contributed by atoms with Crippen LogP contribution in [0.15, 0.2) is 24.3 Å². The molecule has 0 heterocycles. The lowest BCUT2D eigenvalue weighted by atomic mass is 10.2. The molecule has 1 aromatic rings. The van der Waals surface area contributed by atoms with E-state index in [2.05, 4.69) is 0 Å². The van der Waals surface area contributed by atoms with Gasteiger partial charge in [-0.25, -0.2) is 8.42 Å². The van der Waals surface area contributed by atoms with E-state index < -0.39 is 10.0 Å². The highest BCUT2D eigenvalue weighted by molar-refractivity contribution is 7.89. The maximum Gasteiger partial charge on any atom is 0.214 e. The lowest BCUT2D eigenvalue weighted by molar-refractivity contribution is 0.419. The average Bonchev–Trinajstić information content (AvgIpc) is 2.25. The molecule has 0 saturated carbocycles. The monoisotopic (exact) mass is 270 g/mol. The van der Waals surface area contributed by atoms with E-state index in [0.29, 0.717) is 18.8 Å². The van der Waals surface area contributed by atoms with Crippen molar-refractivity contribution in [2.24, 2.45) is 5.92 Å². The molecule has 0 radical (unpaired) electrons. The van der Waals surface area contributed by atoms with Crippen LogP contribution < -0.4 is 5.73 Å². The molecular weight excluding hydrogens is 248 g/mol. The molecule has 18 heavy (non-hydrogen) atoms. The Bertz CT molecular complexity index is 484. The lowest BCUT2D eigenvalue weighted by Crippen LogP contribution is -2.34. The van der Waals surface area contributed by atoms with Crippen LogP contribution in [0, 0.1) is 5.92 Å². The molecule has 0 aromatic heterocycles. The van der Waals surface area contributed by atoms with Gasteiger partial charge in [-0.05, 0) is 17.5 Å². The molecule has 5 heteroatoms. The van der Waals surface area contributed by atoms with Gasteiger partial charge in [0.25, 0.3) is 0 Å². The number of nitrogens with zero attached hydrogens (tertiary/aromatic N) is 1. The molecule has 2 N–H and O–H groups in total. The van der Waals surface area contributed by atoms with E-state index in [0.717, 1.165) is 5.56 Å². The maximum atomic E-state index is 12.2. The second-order valence-electron chi connectivity index (χ2n) is 4.80. The Kier molecular flexibility index (Phi) is 5.16. The summed E-state index contributed by atoms with van der Waals surface area (Å²) in [6.45, 7) is 6.46. The van der Waals surface area contributed by atoms with Crippen LogP contribution in [0.3, 0.4) is 0 Å². The Balaban J connectivity index is 2.89. The second-order valence-corrected chi connectivity index (χ2v) is 6.81. The van der Waals surface area contributed by atoms with Crippen molar-refractivity contribution in [2.45, 2.75) is 27.3 Å². The first-order chi connectivity index (χ1) is 8.36. The maximum absolute atomic E-state index is 12.2. The van der Waals surface area contributed by atoms with E-state index >= 15 is 0 Å². The summed E-state index contributed by atoms with van der Waals surface area (Å²) in [5.41, 5.74) is 7.33. The van der Waals surface area contributed by atoms with E-state index in [9.17, 15) is 8.42 Å². The summed E-state index contributed by atoms with van der Waals surface area (Å²) in [7, 11) is -3.21. The molecule has 0 bridgehead atoms. The highest BCUT2D eigenvalue weighted by Crippen LogP contribution is 2.16. The molecule has 0 amide bonds. The van der Waals surface area contributed by atoms with E-state index in [1.54, 1.807) is 6.07 Å². The minimum absolute atomic E-state index is 0.122. The topological polar surface area (TPSA) is 63.4 Å². The highest BCUT2D eigenvalue weighted by Gasteiger charge is 2.22. The number of sulfonamides is 1. The van der Waals surface area contributed by atoms with E-state index in [1.807, 2.05) is 39.0 Å². The van der Waals surface area contributed by atoms with Crippen LogP contribution >= 0.6 is 0 Å². The van der Waals surface area contributed by atoms with Crippen molar-refractivity contribution in [3.63, 3.8) is 0 Å². The first kappa shape index (κ1) is 15.0. The minimum atomic E-state index is -3.21. The largest absolute Gasteiger partial charge is 0.398 e. The van der Waals surface area contributed by atoms with E-state index in [4.69, 9.17) is 5.73 Å². The molecule has 0 aliphatic rings. The Morgan fingerprint density at radius 2 is 1.89 bits per heavy atom. The predicted molar refractivity (Wildman–Crippen MR) is 75.6 cm³/mol. The van der Waals surface area contributed by atoms with Gasteiger partial charge in [-0.1, -0.05) is 39.0 Å². The van der Waals surface area contributed by atoms with E-state index in [-0.39, 0.29) is 11.7 Å². The number of hydrogen-bond acceptors (Lipinski definition) is 3. The Morgan fingerprint density at radius 1 is 1.28 bits per heavy atom. The van der Waals surface area contributed by atoms with Gasteiger partial charge in [-0.15, -0.1) is 0 Å². The number of hydrogen-bond donors (Lipinski definition) is 1. The average molecular weight is 270 g/mol. The van der Waals surface area contributed by atoms with Crippen LogP contribution in [0.25, 0.3) is 0 Å². The van der Waals surface area contributed by atoms with Crippen LogP contribution in [-0.2, 0) is 16.6 Å². The van der Waals surface area contributed by atoms with Crippen molar-refractivity contribution in [2.75, 3.05) is 18.0 Å². The molecule has 0 fully saturated rings. The summed E-state index contributed by atoms with van der Waals surface area (Å²) in [5, 5.41) is 0. The number of para-hydroxylation sites is 1. The first-order valence-electron chi connectivity index (χ1n) is 6.18. The van der Waals surface area contributed by atoms with Gasteiger partial charge in [0, 0.05) is 18.8 Å². The Labute approximate surface area is 110 Å². The number of anilines is 1. The molecule has 4 nitrogen and oxygen atoms in total. The molecule has 0 atom stereocenters. The van der Waals surface area contributed by atoms with Gasteiger partial charge in [0.2, 0.25) is 10.0 Å². The van der Waals surface area contributed by atoms with Crippen LogP contribution in [0.4, 0.5) is 5.69 Å². The van der Waals surface area contributed by atoms with Gasteiger partial charge < -0.3 is 5.73 Å². The van der Waals surface area contributed by atoms with Crippen molar-refractivity contribution in [3.8, 4) is 0 Å². The fraction of sp³-hybridized carbons (Fsp3) is 0.538. The summed E-state index contributed by atoms with van der Waals surface area (Å²) in [6.07, 6.45) is 0. The van der Waals surface area contributed by atoms with Crippen LogP contribution in [0.2, 0.25) is 0 Å². The summed E-state index contributed by atoms with van der Waals surface area (Å²) in [6, 6.07) is 7.37. The lowest BCUT2D eigenvalue weighted by Gasteiger charge is -2.22. The van der Waals surface area contributed by atoms with Crippen molar-refractivity contribution in [1.82, 2.24) is 4.31 Å². The van der Waals surface area contributed by atoms with Crippen LogP contribution in [0.5, 0.6) is 0 Å². The normalized spacial score (nSPS) is 12.3.